The second kappa shape index (κ2) is 6.25. The summed E-state index contributed by atoms with van der Waals surface area (Å²) in [7, 11) is 3.13. The highest BCUT2D eigenvalue weighted by molar-refractivity contribution is 5.94. The number of hydrogen-bond acceptors (Lipinski definition) is 3. The van der Waals surface area contributed by atoms with Crippen LogP contribution >= 0.6 is 0 Å². The lowest BCUT2D eigenvalue weighted by Crippen LogP contribution is -2.27. The first-order valence-corrected chi connectivity index (χ1v) is 5.09. The van der Waals surface area contributed by atoms with E-state index < -0.39 is 6.10 Å². The summed E-state index contributed by atoms with van der Waals surface area (Å²) in [5.41, 5.74) is 1.71. The first-order valence-electron chi connectivity index (χ1n) is 5.09. The second-order valence-electron chi connectivity index (χ2n) is 3.46. The number of amides is 1. The third-order valence-electron chi connectivity index (χ3n) is 2.30. The van der Waals surface area contributed by atoms with E-state index in [4.69, 9.17) is 9.47 Å². The Morgan fingerprint density at radius 3 is 2.69 bits per heavy atom. The molecule has 4 heteroatoms. The van der Waals surface area contributed by atoms with Gasteiger partial charge < -0.3 is 14.8 Å². The zero-order chi connectivity index (χ0) is 12.0. The number of hydrogen-bond donors (Lipinski definition) is 1. The molecule has 88 valence electrons. The molecule has 0 aliphatic carbocycles. The topological polar surface area (TPSA) is 47.6 Å². The number of methoxy groups -OCH3 is 2. The van der Waals surface area contributed by atoms with E-state index in [-0.39, 0.29) is 5.91 Å². The van der Waals surface area contributed by atoms with Crippen LogP contribution in [0.4, 0.5) is 5.69 Å². The SMILES string of the molecule is COCc1ccccc1NC(=O)C(C)OC. The Hall–Kier alpha value is -1.39. The first-order chi connectivity index (χ1) is 7.69. The van der Waals surface area contributed by atoms with Gasteiger partial charge in [-0.15, -0.1) is 0 Å². The molecular formula is C12H17NO3. The average molecular weight is 223 g/mol. The number of nitrogens with one attached hydrogen (secondary N) is 1. The van der Waals surface area contributed by atoms with Crippen molar-refractivity contribution < 1.29 is 14.3 Å². The lowest BCUT2D eigenvalue weighted by atomic mass is 10.2. The summed E-state index contributed by atoms with van der Waals surface area (Å²) < 4.78 is 10.00. The third-order valence-corrected chi connectivity index (χ3v) is 2.30. The van der Waals surface area contributed by atoms with Crippen molar-refractivity contribution in [2.24, 2.45) is 0 Å². The largest absolute Gasteiger partial charge is 0.380 e. The molecule has 1 N–H and O–H groups in total. The fourth-order valence-corrected chi connectivity index (χ4v) is 1.27. The van der Waals surface area contributed by atoms with Crippen molar-refractivity contribution in [1.82, 2.24) is 0 Å². The quantitative estimate of drug-likeness (QED) is 0.828. The molecule has 16 heavy (non-hydrogen) atoms. The van der Waals surface area contributed by atoms with Gasteiger partial charge in [-0.25, -0.2) is 0 Å². The molecule has 0 saturated heterocycles. The van der Waals surface area contributed by atoms with Crippen LogP contribution in [0.2, 0.25) is 0 Å². The zero-order valence-electron chi connectivity index (χ0n) is 9.82. The van der Waals surface area contributed by atoms with Crippen molar-refractivity contribution in [3.05, 3.63) is 29.8 Å². The Bertz CT molecular complexity index is 352. The minimum atomic E-state index is -0.462. The van der Waals surface area contributed by atoms with Gasteiger partial charge in [0.1, 0.15) is 6.10 Å². The maximum atomic E-state index is 11.6. The van der Waals surface area contributed by atoms with Gasteiger partial charge in [0.2, 0.25) is 0 Å². The van der Waals surface area contributed by atoms with E-state index >= 15 is 0 Å². The Morgan fingerprint density at radius 2 is 2.06 bits per heavy atom. The number of carbonyl (C=O) groups is 1. The van der Waals surface area contributed by atoms with Crippen LogP contribution in [0.25, 0.3) is 0 Å². The molecule has 0 spiro atoms. The van der Waals surface area contributed by atoms with Crippen LogP contribution in [0.3, 0.4) is 0 Å². The number of para-hydroxylation sites is 1. The Kier molecular flexibility index (Phi) is 4.95. The van der Waals surface area contributed by atoms with Gasteiger partial charge >= 0.3 is 0 Å². The molecule has 1 aromatic carbocycles. The molecule has 0 heterocycles. The molecule has 0 saturated carbocycles. The number of ether oxygens (including phenoxy) is 2. The van der Waals surface area contributed by atoms with Crippen molar-refractivity contribution in [1.29, 1.82) is 0 Å². The van der Waals surface area contributed by atoms with Crippen molar-refractivity contribution in [3.8, 4) is 0 Å². The van der Waals surface area contributed by atoms with E-state index in [1.54, 1.807) is 14.0 Å². The highest BCUT2D eigenvalue weighted by atomic mass is 16.5. The van der Waals surface area contributed by atoms with E-state index in [2.05, 4.69) is 5.32 Å². The summed E-state index contributed by atoms with van der Waals surface area (Å²) in [6.45, 7) is 2.17. The molecule has 0 bridgehead atoms. The Labute approximate surface area is 95.6 Å². The third kappa shape index (κ3) is 3.32. The van der Waals surface area contributed by atoms with Crippen LogP contribution in [0, 0.1) is 0 Å². The van der Waals surface area contributed by atoms with E-state index in [0.717, 1.165) is 11.3 Å². The fraction of sp³-hybridized carbons (Fsp3) is 0.417. The summed E-state index contributed by atoms with van der Waals surface area (Å²) in [6.07, 6.45) is -0.462. The Morgan fingerprint density at radius 1 is 1.38 bits per heavy atom. The minimum Gasteiger partial charge on any atom is -0.380 e. The molecule has 1 unspecified atom stereocenters. The van der Waals surface area contributed by atoms with Gasteiger partial charge in [-0.2, -0.15) is 0 Å². The summed E-state index contributed by atoms with van der Waals surface area (Å²) in [5, 5.41) is 2.80. The highest BCUT2D eigenvalue weighted by Gasteiger charge is 2.12. The number of benzene rings is 1. The molecule has 0 radical (unpaired) electrons. The van der Waals surface area contributed by atoms with Gasteiger partial charge in [0.25, 0.3) is 5.91 Å². The standard InChI is InChI=1S/C12H17NO3/c1-9(16-3)12(14)13-11-7-5-4-6-10(11)8-15-2/h4-7,9H,8H2,1-3H3,(H,13,14). The van der Waals surface area contributed by atoms with E-state index in [9.17, 15) is 4.79 Å². The smallest absolute Gasteiger partial charge is 0.253 e. The average Bonchev–Trinajstić information content (AvgIpc) is 2.31. The number of anilines is 1. The van der Waals surface area contributed by atoms with Crippen LogP contribution in [-0.4, -0.2) is 26.2 Å². The van der Waals surface area contributed by atoms with Gasteiger partial charge in [-0.1, -0.05) is 18.2 Å². The molecule has 4 nitrogen and oxygen atoms in total. The molecule has 0 aliphatic rings. The van der Waals surface area contributed by atoms with Crippen molar-refractivity contribution in [3.63, 3.8) is 0 Å². The second-order valence-corrected chi connectivity index (χ2v) is 3.46. The van der Waals surface area contributed by atoms with E-state index in [0.29, 0.717) is 6.61 Å². The molecule has 0 aliphatic heterocycles. The van der Waals surface area contributed by atoms with Crippen molar-refractivity contribution >= 4 is 11.6 Å². The van der Waals surface area contributed by atoms with Crippen LogP contribution in [-0.2, 0) is 20.9 Å². The summed E-state index contributed by atoms with van der Waals surface area (Å²) in [5.74, 6) is -0.161. The molecular weight excluding hydrogens is 206 g/mol. The Balaban J connectivity index is 2.76. The predicted molar refractivity (Wildman–Crippen MR) is 62.3 cm³/mol. The lowest BCUT2D eigenvalue weighted by molar-refractivity contribution is -0.124. The number of carbonyl (C=O) groups excluding carboxylic acids is 1. The summed E-state index contributed by atoms with van der Waals surface area (Å²) in [6, 6.07) is 7.53. The van der Waals surface area contributed by atoms with Crippen LogP contribution in [0.5, 0.6) is 0 Å². The molecule has 1 atom stereocenters. The van der Waals surface area contributed by atoms with E-state index in [1.807, 2.05) is 24.3 Å². The normalized spacial score (nSPS) is 12.2. The molecule has 0 aromatic heterocycles. The van der Waals surface area contributed by atoms with E-state index in [1.165, 1.54) is 7.11 Å². The lowest BCUT2D eigenvalue weighted by Gasteiger charge is -2.13. The molecule has 1 aromatic rings. The zero-order valence-corrected chi connectivity index (χ0v) is 9.82. The van der Waals surface area contributed by atoms with Gasteiger partial charge in [0.15, 0.2) is 0 Å². The van der Waals surface area contributed by atoms with Crippen LogP contribution in [0.1, 0.15) is 12.5 Å². The van der Waals surface area contributed by atoms with Gasteiger partial charge in [0, 0.05) is 25.5 Å². The van der Waals surface area contributed by atoms with Crippen molar-refractivity contribution in [2.45, 2.75) is 19.6 Å². The van der Waals surface area contributed by atoms with Crippen molar-refractivity contribution in [2.75, 3.05) is 19.5 Å². The predicted octanol–water partition coefficient (Wildman–Crippen LogP) is 1.81. The summed E-state index contributed by atoms with van der Waals surface area (Å²) >= 11 is 0. The van der Waals surface area contributed by atoms with Crippen LogP contribution in [0.15, 0.2) is 24.3 Å². The van der Waals surface area contributed by atoms with Gasteiger partial charge in [0.05, 0.1) is 6.61 Å². The monoisotopic (exact) mass is 223 g/mol. The summed E-state index contributed by atoms with van der Waals surface area (Å²) in [4.78, 5) is 11.6. The molecule has 1 amide bonds. The first kappa shape index (κ1) is 12.7. The fourth-order valence-electron chi connectivity index (χ4n) is 1.27. The number of rotatable bonds is 5. The van der Waals surface area contributed by atoms with Crippen LogP contribution < -0.4 is 5.32 Å². The minimum absolute atomic E-state index is 0.161. The highest BCUT2D eigenvalue weighted by Crippen LogP contribution is 2.16. The van der Waals surface area contributed by atoms with Gasteiger partial charge in [-0.05, 0) is 13.0 Å². The maximum Gasteiger partial charge on any atom is 0.253 e. The maximum absolute atomic E-state index is 11.6. The molecule has 1 rings (SSSR count). The van der Waals surface area contributed by atoms with Gasteiger partial charge in [-0.3, -0.25) is 4.79 Å². The molecule has 0 fully saturated rings.